The maximum Gasteiger partial charge on any atom is 0.263 e. The van der Waals surface area contributed by atoms with E-state index in [4.69, 9.17) is 17.3 Å². The maximum atomic E-state index is 12.0. The first kappa shape index (κ1) is 13.8. The Kier molecular flexibility index (Phi) is 5.05. The Morgan fingerprint density at radius 2 is 2.38 bits per heavy atom. The molecule has 0 radical (unpaired) electrons. The van der Waals surface area contributed by atoms with Gasteiger partial charge in [0.05, 0.1) is 9.21 Å². The van der Waals surface area contributed by atoms with E-state index in [9.17, 15) is 4.79 Å². The molecule has 6 heteroatoms. The number of likely N-dealkylation sites (tertiary alicyclic amines) is 1. The highest BCUT2D eigenvalue weighted by Crippen LogP contribution is 2.25. The Labute approximate surface area is 110 Å². The number of hydrogen-bond donors (Lipinski definition) is 1. The van der Waals surface area contributed by atoms with Crippen LogP contribution in [-0.4, -0.2) is 30.4 Å². The van der Waals surface area contributed by atoms with Crippen LogP contribution in [0, 0.1) is 5.92 Å². The molecule has 2 heterocycles. The van der Waals surface area contributed by atoms with Crippen molar-refractivity contribution >= 4 is 41.3 Å². The molecular formula is C10H14Cl2N2OS. The molecule has 2 rings (SSSR count). The Hall–Kier alpha value is -0.290. The van der Waals surface area contributed by atoms with E-state index in [0.717, 1.165) is 24.4 Å². The third kappa shape index (κ3) is 2.88. The van der Waals surface area contributed by atoms with Crippen molar-refractivity contribution in [3.8, 4) is 0 Å². The second-order valence-corrected chi connectivity index (χ2v) is 5.46. The first-order chi connectivity index (χ1) is 7.20. The number of nitrogens with two attached hydrogens (primary N) is 1. The van der Waals surface area contributed by atoms with E-state index in [1.54, 1.807) is 12.1 Å². The van der Waals surface area contributed by atoms with Crippen LogP contribution in [-0.2, 0) is 0 Å². The topological polar surface area (TPSA) is 46.3 Å². The lowest BCUT2D eigenvalue weighted by Crippen LogP contribution is -2.29. The lowest BCUT2D eigenvalue weighted by atomic mass is 10.1. The molecule has 16 heavy (non-hydrogen) atoms. The molecule has 3 nitrogen and oxygen atoms in total. The number of thiophene rings is 1. The molecule has 1 aliphatic heterocycles. The van der Waals surface area contributed by atoms with Crippen molar-refractivity contribution in [2.24, 2.45) is 11.7 Å². The van der Waals surface area contributed by atoms with Gasteiger partial charge >= 0.3 is 0 Å². The zero-order chi connectivity index (χ0) is 10.8. The zero-order valence-electron chi connectivity index (χ0n) is 8.69. The summed E-state index contributed by atoms with van der Waals surface area (Å²) in [6.45, 7) is 2.26. The molecule has 0 aromatic carbocycles. The Balaban J connectivity index is 0.00000128. The normalized spacial score (nSPS) is 19.6. The number of halogens is 2. The summed E-state index contributed by atoms with van der Waals surface area (Å²) < 4.78 is 0.660. The molecule has 1 aromatic heterocycles. The lowest BCUT2D eigenvalue weighted by Gasteiger charge is -2.14. The summed E-state index contributed by atoms with van der Waals surface area (Å²) in [7, 11) is 0. The smallest absolute Gasteiger partial charge is 0.263 e. The van der Waals surface area contributed by atoms with Gasteiger partial charge in [-0.15, -0.1) is 23.7 Å². The highest BCUT2D eigenvalue weighted by molar-refractivity contribution is 7.17. The van der Waals surface area contributed by atoms with Crippen molar-refractivity contribution in [1.29, 1.82) is 0 Å². The predicted octanol–water partition coefficient (Wildman–Crippen LogP) is 2.24. The largest absolute Gasteiger partial charge is 0.338 e. The lowest BCUT2D eigenvalue weighted by molar-refractivity contribution is 0.0792. The second-order valence-electron chi connectivity index (χ2n) is 3.75. The number of rotatable bonds is 2. The van der Waals surface area contributed by atoms with E-state index in [1.807, 2.05) is 4.90 Å². The molecule has 1 amide bonds. The van der Waals surface area contributed by atoms with Crippen molar-refractivity contribution < 1.29 is 4.79 Å². The van der Waals surface area contributed by atoms with Gasteiger partial charge in [-0.3, -0.25) is 4.79 Å². The monoisotopic (exact) mass is 280 g/mol. The molecule has 1 atom stereocenters. The Morgan fingerprint density at radius 1 is 1.62 bits per heavy atom. The van der Waals surface area contributed by atoms with Crippen molar-refractivity contribution in [1.82, 2.24) is 4.90 Å². The van der Waals surface area contributed by atoms with E-state index >= 15 is 0 Å². The average Bonchev–Trinajstić information content (AvgIpc) is 2.84. The summed E-state index contributed by atoms with van der Waals surface area (Å²) in [4.78, 5) is 14.5. The Morgan fingerprint density at radius 3 is 2.88 bits per heavy atom. The molecule has 1 aliphatic rings. The summed E-state index contributed by atoms with van der Waals surface area (Å²) in [5, 5.41) is 0. The maximum absolute atomic E-state index is 12.0. The van der Waals surface area contributed by atoms with Gasteiger partial charge < -0.3 is 10.6 Å². The van der Waals surface area contributed by atoms with E-state index in [1.165, 1.54) is 11.3 Å². The van der Waals surface area contributed by atoms with Gasteiger partial charge in [-0.05, 0) is 31.0 Å². The van der Waals surface area contributed by atoms with Crippen LogP contribution in [0.4, 0.5) is 0 Å². The van der Waals surface area contributed by atoms with Crippen molar-refractivity contribution in [2.75, 3.05) is 19.6 Å². The third-order valence-electron chi connectivity index (χ3n) is 2.69. The molecule has 2 N–H and O–H groups in total. The predicted molar refractivity (Wildman–Crippen MR) is 69.6 cm³/mol. The molecule has 1 unspecified atom stereocenters. The van der Waals surface area contributed by atoms with Crippen molar-refractivity contribution in [3.63, 3.8) is 0 Å². The number of carbonyl (C=O) groups excluding carboxylic acids is 1. The summed E-state index contributed by atoms with van der Waals surface area (Å²) in [6, 6.07) is 3.54. The van der Waals surface area contributed by atoms with Gasteiger partial charge in [0.1, 0.15) is 0 Å². The fraction of sp³-hybridized carbons (Fsp3) is 0.500. The van der Waals surface area contributed by atoms with Crippen molar-refractivity contribution in [2.45, 2.75) is 6.42 Å². The first-order valence-corrected chi connectivity index (χ1v) is 6.15. The fourth-order valence-electron chi connectivity index (χ4n) is 1.79. The fourth-order valence-corrected chi connectivity index (χ4v) is 2.81. The molecule has 1 saturated heterocycles. The SMILES string of the molecule is Cl.NCC1CCN(C(=O)c2ccc(Cl)s2)C1. The average molecular weight is 281 g/mol. The van der Waals surface area contributed by atoms with Crippen LogP contribution in [0.25, 0.3) is 0 Å². The zero-order valence-corrected chi connectivity index (χ0v) is 11.1. The molecule has 0 saturated carbocycles. The number of hydrogen-bond acceptors (Lipinski definition) is 3. The van der Waals surface area contributed by atoms with E-state index in [0.29, 0.717) is 16.8 Å². The minimum atomic E-state index is 0. The van der Waals surface area contributed by atoms with E-state index in [2.05, 4.69) is 0 Å². The third-order valence-corrected chi connectivity index (χ3v) is 3.91. The first-order valence-electron chi connectivity index (χ1n) is 4.95. The Bertz CT molecular complexity index is 369. The van der Waals surface area contributed by atoms with Gasteiger partial charge in [0.25, 0.3) is 5.91 Å². The summed E-state index contributed by atoms with van der Waals surface area (Å²) in [5.41, 5.74) is 5.58. The van der Waals surface area contributed by atoms with Crippen LogP contribution in [0.1, 0.15) is 16.1 Å². The molecular weight excluding hydrogens is 267 g/mol. The molecule has 90 valence electrons. The van der Waals surface area contributed by atoms with Gasteiger partial charge in [-0.2, -0.15) is 0 Å². The molecule has 0 spiro atoms. The van der Waals surface area contributed by atoms with Gasteiger partial charge in [0.15, 0.2) is 0 Å². The van der Waals surface area contributed by atoms with Crippen LogP contribution in [0.15, 0.2) is 12.1 Å². The summed E-state index contributed by atoms with van der Waals surface area (Å²) in [6.07, 6.45) is 1.02. The number of carbonyl (C=O) groups is 1. The minimum Gasteiger partial charge on any atom is -0.338 e. The quantitative estimate of drug-likeness (QED) is 0.903. The summed E-state index contributed by atoms with van der Waals surface area (Å²) in [5.74, 6) is 0.548. The molecule has 0 aliphatic carbocycles. The van der Waals surface area contributed by atoms with Crippen LogP contribution in [0.2, 0.25) is 4.34 Å². The molecule has 1 fully saturated rings. The number of nitrogens with zero attached hydrogens (tertiary/aromatic N) is 1. The van der Waals surface area contributed by atoms with E-state index in [-0.39, 0.29) is 18.3 Å². The minimum absolute atomic E-state index is 0. The van der Waals surface area contributed by atoms with Crippen LogP contribution in [0.3, 0.4) is 0 Å². The van der Waals surface area contributed by atoms with Gasteiger partial charge in [-0.1, -0.05) is 11.6 Å². The highest BCUT2D eigenvalue weighted by Gasteiger charge is 2.26. The van der Waals surface area contributed by atoms with Gasteiger partial charge in [0.2, 0.25) is 0 Å². The standard InChI is InChI=1S/C10H13ClN2OS.ClH/c11-9-2-1-8(15-9)10(14)13-4-3-7(5-12)6-13;/h1-2,7H,3-6,12H2;1H. The molecule has 1 aromatic rings. The number of amides is 1. The van der Waals surface area contributed by atoms with E-state index < -0.39 is 0 Å². The highest BCUT2D eigenvalue weighted by atomic mass is 35.5. The van der Waals surface area contributed by atoms with Crippen LogP contribution < -0.4 is 5.73 Å². The van der Waals surface area contributed by atoms with Crippen LogP contribution >= 0.6 is 35.3 Å². The van der Waals surface area contributed by atoms with Gasteiger partial charge in [0, 0.05) is 13.1 Å². The summed E-state index contributed by atoms with van der Waals surface area (Å²) >= 11 is 7.13. The van der Waals surface area contributed by atoms with Crippen LogP contribution in [0.5, 0.6) is 0 Å². The van der Waals surface area contributed by atoms with Crippen molar-refractivity contribution in [3.05, 3.63) is 21.3 Å². The second kappa shape index (κ2) is 5.87. The molecule has 0 bridgehead atoms. The van der Waals surface area contributed by atoms with Gasteiger partial charge in [-0.25, -0.2) is 0 Å².